The molecule has 0 bridgehead atoms. The molecule has 1 amide bonds. The molecule has 1 aliphatic carbocycles. The largest absolute Gasteiger partial charge is 0.312 e. The van der Waals surface area contributed by atoms with E-state index in [1.807, 2.05) is 42.2 Å². The van der Waals surface area contributed by atoms with Gasteiger partial charge in [0.1, 0.15) is 11.0 Å². The van der Waals surface area contributed by atoms with Crippen molar-refractivity contribution in [1.29, 1.82) is 0 Å². The Morgan fingerprint density at radius 3 is 2.73 bits per heavy atom. The van der Waals surface area contributed by atoms with Crippen LogP contribution in [0.3, 0.4) is 0 Å². The zero-order valence-corrected chi connectivity index (χ0v) is 17.6. The first-order chi connectivity index (χ1) is 14.5. The molecule has 3 aromatic rings. The van der Waals surface area contributed by atoms with E-state index in [1.165, 1.54) is 11.1 Å². The minimum absolute atomic E-state index is 0.0720. The molecule has 2 atom stereocenters. The van der Waals surface area contributed by atoms with Gasteiger partial charge in [-0.15, -0.1) is 0 Å². The molecule has 5 nitrogen and oxygen atoms in total. The van der Waals surface area contributed by atoms with Crippen molar-refractivity contribution in [3.05, 3.63) is 77.0 Å². The molecule has 2 aliphatic rings. The van der Waals surface area contributed by atoms with E-state index in [-0.39, 0.29) is 11.8 Å². The minimum atomic E-state index is -1.56. The maximum atomic E-state index is 13.4. The number of carbonyl (C=O) groups excluding carboxylic acids is 1. The lowest BCUT2D eigenvalue weighted by Crippen LogP contribution is -2.35. The van der Waals surface area contributed by atoms with Crippen LogP contribution in [0.4, 0.5) is 5.69 Å². The van der Waals surface area contributed by atoms with Crippen LogP contribution in [0.15, 0.2) is 59.6 Å². The number of fused-ring (bicyclic) bond motifs is 2. The third-order valence-corrected chi connectivity index (χ3v) is 6.95. The summed E-state index contributed by atoms with van der Waals surface area (Å²) < 4.78 is 11.8. The first-order valence-corrected chi connectivity index (χ1v) is 11.4. The SMILES string of the molecule is Cc1cc(S(N)=O)cc2c1CCN2C(=O)C1Cc2ccc(-c3ccccn3)cc2C1. The predicted octanol–water partition coefficient (Wildman–Crippen LogP) is 3.34. The van der Waals surface area contributed by atoms with E-state index in [4.69, 9.17) is 5.14 Å². The van der Waals surface area contributed by atoms with E-state index in [0.717, 1.165) is 47.3 Å². The Hall–Kier alpha value is -2.83. The fourth-order valence-electron chi connectivity index (χ4n) is 4.73. The van der Waals surface area contributed by atoms with Gasteiger partial charge in [0, 0.05) is 29.9 Å². The molecule has 0 spiro atoms. The third kappa shape index (κ3) is 3.26. The summed E-state index contributed by atoms with van der Waals surface area (Å²) in [5.41, 5.74) is 7.57. The molecule has 0 saturated heterocycles. The highest BCUT2D eigenvalue weighted by Gasteiger charge is 2.35. The average molecular weight is 418 g/mol. The van der Waals surface area contributed by atoms with Gasteiger partial charge in [-0.25, -0.2) is 9.35 Å². The Morgan fingerprint density at radius 2 is 1.97 bits per heavy atom. The topological polar surface area (TPSA) is 76.3 Å². The van der Waals surface area contributed by atoms with E-state index in [0.29, 0.717) is 11.4 Å². The zero-order chi connectivity index (χ0) is 20.8. The molecule has 0 fully saturated rings. The lowest BCUT2D eigenvalue weighted by Gasteiger charge is -2.22. The number of pyridine rings is 1. The minimum Gasteiger partial charge on any atom is -0.312 e. The molecule has 2 heterocycles. The molecule has 0 saturated carbocycles. The first-order valence-electron chi connectivity index (χ1n) is 10.2. The van der Waals surface area contributed by atoms with Crippen molar-refractivity contribution in [2.45, 2.75) is 31.1 Å². The lowest BCUT2D eigenvalue weighted by molar-refractivity contribution is -0.122. The van der Waals surface area contributed by atoms with Crippen LogP contribution in [-0.2, 0) is 35.0 Å². The monoisotopic (exact) mass is 417 g/mol. The van der Waals surface area contributed by atoms with Gasteiger partial charge in [-0.1, -0.05) is 18.2 Å². The molecule has 2 unspecified atom stereocenters. The van der Waals surface area contributed by atoms with Gasteiger partial charge in [-0.05, 0) is 78.8 Å². The summed E-state index contributed by atoms with van der Waals surface area (Å²) in [6.45, 7) is 2.66. The second-order valence-electron chi connectivity index (χ2n) is 8.08. The van der Waals surface area contributed by atoms with Gasteiger partial charge in [0.15, 0.2) is 0 Å². The number of aryl methyl sites for hydroxylation is 1. The van der Waals surface area contributed by atoms with Crippen molar-refractivity contribution in [2.24, 2.45) is 11.1 Å². The molecule has 30 heavy (non-hydrogen) atoms. The number of aromatic nitrogens is 1. The molecular weight excluding hydrogens is 394 g/mol. The number of amides is 1. The van der Waals surface area contributed by atoms with Gasteiger partial charge in [0.2, 0.25) is 5.91 Å². The standard InChI is InChI=1S/C24H23N3O2S/c1-15-10-20(30(25)29)14-23-21(15)7-9-27(23)24(28)19-11-16-5-6-17(12-18(16)13-19)22-4-2-3-8-26-22/h2-6,8,10,12,14,19H,7,9,11,13,25H2,1H3. The van der Waals surface area contributed by atoms with Gasteiger partial charge in [-0.2, -0.15) is 0 Å². The first kappa shape index (κ1) is 19.2. The number of benzene rings is 2. The van der Waals surface area contributed by atoms with Crippen LogP contribution in [0.5, 0.6) is 0 Å². The summed E-state index contributed by atoms with van der Waals surface area (Å²) >= 11 is 0. The van der Waals surface area contributed by atoms with Crippen LogP contribution in [-0.4, -0.2) is 21.6 Å². The molecule has 152 valence electrons. The number of carbonyl (C=O) groups is 1. The Labute approximate surface area is 178 Å². The molecule has 1 aromatic heterocycles. The second kappa shape index (κ2) is 7.45. The van der Waals surface area contributed by atoms with Gasteiger partial charge >= 0.3 is 0 Å². The highest BCUT2D eigenvalue weighted by molar-refractivity contribution is 7.82. The van der Waals surface area contributed by atoms with Crippen LogP contribution in [0.25, 0.3) is 11.3 Å². The molecular formula is C24H23N3O2S. The summed E-state index contributed by atoms with van der Waals surface area (Å²) in [6, 6.07) is 16.0. The van der Waals surface area contributed by atoms with Crippen molar-refractivity contribution in [3.8, 4) is 11.3 Å². The van der Waals surface area contributed by atoms with E-state index in [1.54, 1.807) is 6.20 Å². The number of nitrogens with zero attached hydrogens (tertiary/aromatic N) is 2. The fraction of sp³-hybridized carbons (Fsp3) is 0.250. The maximum absolute atomic E-state index is 13.4. The van der Waals surface area contributed by atoms with Crippen molar-refractivity contribution in [2.75, 3.05) is 11.4 Å². The van der Waals surface area contributed by atoms with Crippen molar-refractivity contribution < 1.29 is 9.00 Å². The quantitative estimate of drug-likeness (QED) is 0.710. The molecule has 0 radical (unpaired) electrons. The third-order valence-electron chi connectivity index (χ3n) is 6.25. The normalized spacial score (nSPS) is 18.2. The van der Waals surface area contributed by atoms with Gasteiger partial charge in [-0.3, -0.25) is 9.78 Å². The van der Waals surface area contributed by atoms with E-state index in [2.05, 4.69) is 23.2 Å². The van der Waals surface area contributed by atoms with Gasteiger partial charge in [0.05, 0.1) is 10.6 Å². The van der Waals surface area contributed by atoms with Crippen LogP contribution in [0.1, 0.15) is 22.3 Å². The highest BCUT2D eigenvalue weighted by atomic mass is 32.2. The Balaban J connectivity index is 1.40. The summed E-state index contributed by atoms with van der Waals surface area (Å²) in [5.74, 6) is 0.0703. The molecule has 5 rings (SSSR count). The van der Waals surface area contributed by atoms with Crippen LogP contribution < -0.4 is 10.0 Å². The van der Waals surface area contributed by atoms with Crippen LogP contribution >= 0.6 is 0 Å². The second-order valence-corrected chi connectivity index (χ2v) is 9.14. The number of hydrogen-bond donors (Lipinski definition) is 1. The van der Waals surface area contributed by atoms with E-state index >= 15 is 0 Å². The summed E-state index contributed by atoms with van der Waals surface area (Å²) in [7, 11) is -1.56. The smallest absolute Gasteiger partial charge is 0.230 e. The molecule has 6 heteroatoms. The number of hydrogen-bond acceptors (Lipinski definition) is 3. The van der Waals surface area contributed by atoms with Crippen LogP contribution in [0, 0.1) is 12.8 Å². The number of rotatable bonds is 3. The highest BCUT2D eigenvalue weighted by Crippen LogP contribution is 2.37. The molecule has 1 aliphatic heterocycles. The molecule has 2 N–H and O–H groups in total. The van der Waals surface area contributed by atoms with Crippen molar-refractivity contribution >= 4 is 22.6 Å². The summed E-state index contributed by atoms with van der Waals surface area (Å²) in [6.07, 6.45) is 4.12. The van der Waals surface area contributed by atoms with Crippen molar-refractivity contribution in [1.82, 2.24) is 4.98 Å². The zero-order valence-electron chi connectivity index (χ0n) is 16.8. The fourth-order valence-corrected chi connectivity index (χ4v) is 5.25. The van der Waals surface area contributed by atoms with E-state index in [9.17, 15) is 9.00 Å². The summed E-state index contributed by atoms with van der Waals surface area (Å²) in [4.78, 5) is 20.3. The number of nitrogens with two attached hydrogens (primary N) is 1. The van der Waals surface area contributed by atoms with E-state index < -0.39 is 11.0 Å². The van der Waals surface area contributed by atoms with Gasteiger partial charge < -0.3 is 4.90 Å². The Bertz CT molecular complexity index is 1180. The Kier molecular flexibility index (Phi) is 4.76. The maximum Gasteiger partial charge on any atom is 0.230 e. The van der Waals surface area contributed by atoms with Crippen LogP contribution in [0.2, 0.25) is 0 Å². The van der Waals surface area contributed by atoms with Crippen molar-refractivity contribution in [3.63, 3.8) is 0 Å². The Morgan fingerprint density at radius 1 is 1.13 bits per heavy atom. The average Bonchev–Trinajstić information content (AvgIpc) is 3.38. The summed E-state index contributed by atoms with van der Waals surface area (Å²) in [5, 5.41) is 5.60. The molecule has 2 aromatic carbocycles. The lowest BCUT2D eigenvalue weighted by atomic mass is 10.0. The number of anilines is 1. The van der Waals surface area contributed by atoms with Gasteiger partial charge in [0.25, 0.3) is 0 Å². The predicted molar refractivity (Wildman–Crippen MR) is 118 cm³/mol.